The lowest BCUT2D eigenvalue weighted by Crippen LogP contribution is -2.67. The third kappa shape index (κ3) is 10.6. The molecule has 460 valence electrons. The van der Waals surface area contributed by atoms with Crippen molar-refractivity contribution in [1.82, 2.24) is 0 Å². The van der Waals surface area contributed by atoms with E-state index < -0.39 is 186 Å². The third-order valence-electron chi connectivity index (χ3n) is 20.6. The van der Waals surface area contributed by atoms with Gasteiger partial charge in [0.05, 0.1) is 38.1 Å². The molecule has 0 aromatic heterocycles. The van der Waals surface area contributed by atoms with Crippen LogP contribution < -0.4 is 0 Å². The van der Waals surface area contributed by atoms with Gasteiger partial charge in [-0.3, -0.25) is 9.35 Å². The van der Waals surface area contributed by atoms with Gasteiger partial charge in [-0.2, -0.15) is 8.42 Å². The smallest absolute Gasteiger partial charge is 0.397 e. The Morgan fingerprint density at radius 2 is 1.29 bits per heavy atom. The van der Waals surface area contributed by atoms with Gasteiger partial charge >= 0.3 is 16.4 Å². The first-order chi connectivity index (χ1) is 37.4. The van der Waals surface area contributed by atoms with E-state index in [1.165, 1.54) is 14.0 Å². The lowest BCUT2D eigenvalue weighted by atomic mass is 9.40. The Kier molecular flexibility index (Phi) is 18.2. The topological polar surface area (TPSA) is 375 Å². The molecule has 11 N–H and O–H groups in total. The molecule has 9 rings (SSSR count). The summed E-state index contributed by atoms with van der Waals surface area (Å²) in [5.74, 6) is 0.0424. The van der Waals surface area contributed by atoms with Crippen molar-refractivity contribution in [1.29, 1.82) is 0 Å². The standard InChI is InChI=1S/C54H88O25S/c1-23(2)11-10-16-53(8)31-14-18-52(7)25-12-13-30-50(4,5)33(15-17-51(30,6)26(25)19-32(57)54(31,52)49(65)78-53)74-48-44(36(60)29(22-70-48)79-80(66,67)68)77-45-38(62)37(61)41(24(3)71-45)75-47-40(64)43(35(59)28(21-56)73-47)76-46-39(63)42(69-9)34(58)27(20-55)72-46/h19,23-25,27-48,55-64H,10-18,20-22H2,1-9H3,(H,66,67,68)/t24-,25+,27+,28-,29+,30-,31+,32+,33-,34+,35+,36+,37-,38+,39+,40+,41-,42-,43+,44+,45+,46+,47+,48-,51+,52-,53-,54-/m1/s1. The van der Waals surface area contributed by atoms with Crippen molar-refractivity contribution < 1.29 is 120 Å². The molecule has 0 unspecified atom stereocenters. The maximum atomic E-state index is 14.4. The Bertz CT molecular complexity index is 2330. The zero-order valence-electron chi connectivity index (χ0n) is 47.0. The summed E-state index contributed by atoms with van der Waals surface area (Å²) < 4.78 is 98.1. The van der Waals surface area contributed by atoms with Crippen LogP contribution in [0.2, 0.25) is 0 Å². The van der Waals surface area contributed by atoms with E-state index in [9.17, 15) is 68.8 Å². The molecule has 25 nitrogen and oxygen atoms in total. The minimum atomic E-state index is -5.17. The van der Waals surface area contributed by atoms with Crippen molar-refractivity contribution in [3.63, 3.8) is 0 Å². The normalized spacial score (nSPS) is 51.2. The molecule has 5 aliphatic heterocycles. The molecule has 5 saturated heterocycles. The van der Waals surface area contributed by atoms with Gasteiger partial charge in [0.1, 0.15) is 96.5 Å². The number of hydrogen-bond donors (Lipinski definition) is 11. The fourth-order valence-corrected chi connectivity index (χ4v) is 16.9. The monoisotopic (exact) mass is 1170 g/mol. The van der Waals surface area contributed by atoms with Crippen LogP contribution >= 0.6 is 0 Å². The number of esters is 1. The molecule has 0 bridgehead atoms. The molecule has 8 fully saturated rings. The summed E-state index contributed by atoms with van der Waals surface area (Å²) in [5, 5.41) is 112. The van der Waals surface area contributed by atoms with Gasteiger partial charge in [0, 0.05) is 13.0 Å². The van der Waals surface area contributed by atoms with Crippen molar-refractivity contribution in [2.75, 3.05) is 26.9 Å². The predicted octanol–water partition coefficient (Wildman–Crippen LogP) is -0.510. The van der Waals surface area contributed by atoms with Crippen LogP contribution in [0.1, 0.15) is 113 Å². The Hall–Kier alpha value is -1.68. The van der Waals surface area contributed by atoms with Crippen LogP contribution in [-0.4, -0.2) is 231 Å². The summed E-state index contributed by atoms with van der Waals surface area (Å²) in [6.45, 7) is 14.2. The molecule has 80 heavy (non-hydrogen) atoms. The van der Waals surface area contributed by atoms with E-state index in [1.54, 1.807) is 0 Å². The van der Waals surface area contributed by atoms with Crippen LogP contribution in [0.5, 0.6) is 0 Å². The summed E-state index contributed by atoms with van der Waals surface area (Å²) in [7, 11) is -3.98. The number of aliphatic hydroxyl groups excluding tert-OH is 10. The third-order valence-corrected chi connectivity index (χ3v) is 21.1. The second kappa shape index (κ2) is 23.2. The van der Waals surface area contributed by atoms with Crippen LogP contribution in [-0.2, 0) is 66.7 Å². The first kappa shape index (κ1) is 62.8. The number of fused-ring (bicyclic) bond motifs is 4. The number of cyclic esters (lactones) is 1. The number of allylic oxidation sites excluding steroid dienone is 1. The van der Waals surface area contributed by atoms with E-state index in [1.807, 2.05) is 6.08 Å². The molecule has 0 aromatic rings. The Morgan fingerprint density at radius 3 is 1.90 bits per heavy atom. The van der Waals surface area contributed by atoms with Gasteiger partial charge in [0.25, 0.3) is 0 Å². The van der Waals surface area contributed by atoms with Gasteiger partial charge in [-0.05, 0) is 99.2 Å². The lowest BCUT2D eigenvalue weighted by Gasteiger charge is -2.64. The van der Waals surface area contributed by atoms with Crippen LogP contribution in [0.15, 0.2) is 11.6 Å². The highest BCUT2D eigenvalue weighted by Crippen LogP contribution is 2.76. The van der Waals surface area contributed by atoms with Gasteiger partial charge in [0.2, 0.25) is 0 Å². The number of hydrogen-bond acceptors (Lipinski definition) is 24. The SMILES string of the molecule is CO[C@H]1[C@H](O)[C@H](O[C@@H]2[C@H](O)[C@H](O[C@H]3[C@H](O)[C@H](O)[C@H](O[C@@H]4[C@@H](O[C@@H]5CC[C@@]6(C)C7=C[C@H](O)[C@@]89C(=O)O[C@](C)(CCCC(C)C)[C@@H]8CC[C@]9(C)[C@H]7CC[C@@H]6C5(C)C)OC[C@H](OS(=O)(=O)O)[C@@H]4O)O[C@@H]3C)O[C@H](CO)[C@@H]2O)O[C@@H](CO)[C@@H]1O. The van der Waals surface area contributed by atoms with Crippen LogP contribution in [0.4, 0.5) is 0 Å². The fourth-order valence-electron chi connectivity index (χ4n) is 16.4. The summed E-state index contributed by atoms with van der Waals surface area (Å²) in [4.78, 5) is 14.4. The summed E-state index contributed by atoms with van der Waals surface area (Å²) >= 11 is 0. The minimum Gasteiger partial charge on any atom is -0.459 e. The second-order valence-corrected chi connectivity index (χ2v) is 26.9. The number of carbonyl (C=O) groups excluding carboxylic acids is 1. The number of rotatable bonds is 17. The molecule has 0 radical (unpaired) electrons. The highest BCUT2D eigenvalue weighted by atomic mass is 32.3. The van der Waals surface area contributed by atoms with E-state index in [4.69, 9.17) is 51.6 Å². The quantitative estimate of drug-likeness (QED) is 0.0378. The Labute approximate surface area is 467 Å². The molecular formula is C54H88O25S. The molecule has 9 aliphatic rings. The largest absolute Gasteiger partial charge is 0.459 e. The summed E-state index contributed by atoms with van der Waals surface area (Å²) in [5.41, 5.74) is -2.26. The molecule has 3 saturated carbocycles. The van der Waals surface area contributed by atoms with E-state index in [2.05, 4.69) is 48.5 Å². The van der Waals surface area contributed by atoms with Crippen molar-refractivity contribution in [2.24, 2.45) is 45.3 Å². The first-order valence-corrected chi connectivity index (χ1v) is 29.8. The van der Waals surface area contributed by atoms with E-state index >= 15 is 0 Å². The average molecular weight is 1170 g/mol. The predicted molar refractivity (Wildman–Crippen MR) is 272 cm³/mol. The number of ether oxygens (including phenoxy) is 10. The first-order valence-electron chi connectivity index (χ1n) is 28.4. The molecule has 0 aromatic carbocycles. The van der Waals surface area contributed by atoms with Gasteiger partial charge < -0.3 is 98.4 Å². The summed E-state index contributed by atoms with van der Waals surface area (Å²) in [6.07, 6.45) is -24.9. The fraction of sp³-hybridized carbons (Fsp3) is 0.944. The van der Waals surface area contributed by atoms with Gasteiger partial charge in [-0.1, -0.05) is 59.6 Å². The maximum Gasteiger partial charge on any atom is 0.397 e. The molecule has 5 heterocycles. The summed E-state index contributed by atoms with van der Waals surface area (Å²) in [6, 6.07) is 0. The van der Waals surface area contributed by atoms with E-state index in [-0.39, 0.29) is 23.7 Å². The minimum absolute atomic E-state index is 0.00504. The number of aliphatic hydroxyl groups is 10. The van der Waals surface area contributed by atoms with E-state index in [0.717, 1.165) is 50.5 Å². The van der Waals surface area contributed by atoms with E-state index in [0.29, 0.717) is 18.8 Å². The molecule has 0 amide bonds. The zero-order valence-corrected chi connectivity index (χ0v) is 47.9. The zero-order chi connectivity index (χ0) is 58.6. The van der Waals surface area contributed by atoms with Crippen molar-refractivity contribution >= 4 is 16.4 Å². The highest BCUT2D eigenvalue weighted by Gasteiger charge is 2.79. The van der Waals surface area contributed by atoms with Gasteiger partial charge in [-0.25, -0.2) is 4.18 Å². The van der Waals surface area contributed by atoms with Crippen molar-refractivity contribution in [3.05, 3.63) is 11.6 Å². The average Bonchev–Trinajstić information content (AvgIpc) is 2.40. The van der Waals surface area contributed by atoms with Crippen LogP contribution in [0.25, 0.3) is 0 Å². The number of carbonyl (C=O) groups is 1. The lowest BCUT2D eigenvalue weighted by molar-refractivity contribution is -0.389. The Balaban J connectivity index is 0.904. The molecule has 28 atom stereocenters. The molecule has 4 aliphatic carbocycles. The van der Waals surface area contributed by atoms with Crippen molar-refractivity contribution in [3.8, 4) is 0 Å². The molecule has 1 spiro atoms. The maximum absolute atomic E-state index is 14.4. The molecule has 26 heteroatoms. The van der Waals surface area contributed by atoms with Crippen LogP contribution in [0, 0.1) is 45.3 Å². The van der Waals surface area contributed by atoms with Gasteiger partial charge in [0.15, 0.2) is 25.2 Å². The highest BCUT2D eigenvalue weighted by molar-refractivity contribution is 7.80. The Morgan fingerprint density at radius 1 is 0.688 bits per heavy atom. The second-order valence-electron chi connectivity index (χ2n) is 25.9. The van der Waals surface area contributed by atoms with Crippen molar-refractivity contribution in [2.45, 2.75) is 248 Å². The number of methoxy groups -OCH3 is 1. The van der Waals surface area contributed by atoms with Crippen LogP contribution in [0.3, 0.4) is 0 Å². The van der Waals surface area contributed by atoms with Gasteiger partial charge in [-0.15, -0.1) is 0 Å². The molecular weight excluding hydrogens is 1080 g/mol.